The Hall–Kier alpha value is -2.73. The Balaban J connectivity index is 1.64. The number of hydrogen-bond donors (Lipinski definition) is 2. The van der Waals surface area contributed by atoms with Gasteiger partial charge in [0.25, 0.3) is 0 Å². The highest BCUT2D eigenvalue weighted by Crippen LogP contribution is 2.36. The molecule has 1 aromatic carbocycles. The summed E-state index contributed by atoms with van der Waals surface area (Å²) in [7, 11) is 2.00. The number of halogens is 1. The van der Waals surface area contributed by atoms with E-state index in [1.165, 1.54) is 17.8 Å². The summed E-state index contributed by atoms with van der Waals surface area (Å²) in [6, 6.07) is 8.59. The second-order valence-electron chi connectivity index (χ2n) is 6.74. The van der Waals surface area contributed by atoms with Gasteiger partial charge in [-0.3, -0.25) is 0 Å². The maximum Gasteiger partial charge on any atom is 0.138 e. The number of allylic oxidation sites excluding steroid dienone is 3. The van der Waals surface area contributed by atoms with Crippen LogP contribution in [-0.2, 0) is 6.42 Å². The van der Waals surface area contributed by atoms with Crippen LogP contribution < -0.4 is 16.0 Å². The minimum Gasteiger partial charge on any atom is -0.384 e. The van der Waals surface area contributed by atoms with Gasteiger partial charge in [-0.1, -0.05) is 24.3 Å². The summed E-state index contributed by atoms with van der Waals surface area (Å²) in [5, 5.41) is 3.41. The molecule has 0 spiro atoms. The Bertz CT molecular complexity index is 859. The molecule has 1 saturated heterocycles. The van der Waals surface area contributed by atoms with E-state index in [9.17, 15) is 4.39 Å². The van der Waals surface area contributed by atoms with E-state index in [0.717, 1.165) is 24.3 Å². The molecule has 2 aromatic rings. The van der Waals surface area contributed by atoms with Gasteiger partial charge in [-0.15, -0.1) is 0 Å². The molecular formula is C20H22FN5. The Morgan fingerprint density at radius 1 is 1.27 bits per heavy atom. The highest BCUT2D eigenvalue weighted by Gasteiger charge is 2.37. The van der Waals surface area contributed by atoms with Crippen molar-refractivity contribution < 1.29 is 4.39 Å². The van der Waals surface area contributed by atoms with Gasteiger partial charge in [0.05, 0.1) is 0 Å². The molecular weight excluding hydrogens is 329 g/mol. The number of aromatic nitrogens is 2. The number of anilines is 2. The molecule has 26 heavy (non-hydrogen) atoms. The summed E-state index contributed by atoms with van der Waals surface area (Å²) < 4.78 is 13.1. The molecule has 5 nitrogen and oxygen atoms in total. The minimum absolute atomic E-state index is 0.249. The lowest BCUT2D eigenvalue weighted by Crippen LogP contribution is -2.33. The Labute approximate surface area is 152 Å². The zero-order valence-electron chi connectivity index (χ0n) is 14.7. The molecule has 6 heteroatoms. The lowest BCUT2D eigenvalue weighted by atomic mass is 9.93. The molecule has 1 aliphatic carbocycles. The smallest absolute Gasteiger partial charge is 0.138 e. The van der Waals surface area contributed by atoms with Gasteiger partial charge < -0.3 is 16.0 Å². The second kappa shape index (κ2) is 6.88. The van der Waals surface area contributed by atoms with Crippen LogP contribution in [0.5, 0.6) is 0 Å². The van der Waals surface area contributed by atoms with E-state index in [-0.39, 0.29) is 5.82 Å². The zero-order chi connectivity index (χ0) is 18.1. The molecule has 3 N–H and O–H groups in total. The van der Waals surface area contributed by atoms with Gasteiger partial charge in [-0.25, -0.2) is 14.4 Å². The fraction of sp³-hybridized carbons (Fsp3) is 0.300. The molecule has 0 bridgehead atoms. The lowest BCUT2D eigenvalue weighted by Gasteiger charge is -2.23. The number of benzene rings is 1. The van der Waals surface area contributed by atoms with Gasteiger partial charge in [-0.05, 0) is 37.2 Å². The van der Waals surface area contributed by atoms with Gasteiger partial charge in [0.2, 0.25) is 0 Å². The number of nitrogen functional groups attached to an aromatic ring is 1. The van der Waals surface area contributed by atoms with Crippen molar-refractivity contribution in [2.45, 2.75) is 18.9 Å². The summed E-state index contributed by atoms with van der Waals surface area (Å²) in [6.07, 6.45) is 8.00. The van der Waals surface area contributed by atoms with Crippen molar-refractivity contribution in [2.75, 3.05) is 24.2 Å². The molecule has 2 atom stereocenters. The van der Waals surface area contributed by atoms with Gasteiger partial charge >= 0.3 is 0 Å². The predicted molar refractivity (Wildman–Crippen MR) is 101 cm³/mol. The maximum absolute atomic E-state index is 13.1. The number of nitrogens with two attached hydrogens (primary N) is 1. The largest absolute Gasteiger partial charge is 0.384 e. The van der Waals surface area contributed by atoms with Crippen molar-refractivity contribution >= 4 is 11.6 Å². The van der Waals surface area contributed by atoms with Crippen LogP contribution >= 0.6 is 0 Å². The summed E-state index contributed by atoms with van der Waals surface area (Å²) in [5.41, 5.74) is 8.27. The SMILES string of the molecule is CNC1CN(c2cc(N)nc(Cc3ccc(F)cc3)n2)C2=CC=CCC21. The van der Waals surface area contributed by atoms with E-state index in [4.69, 9.17) is 10.7 Å². The maximum atomic E-state index is 13.1. The third-order valence-corrected chi connectivity index (χ3v) is 5.05. The summed E-state index contributed by atoms with van der Waals surface area (Å²) in [6.45, 7) is 0.848. The number of likely N-dealkylation sites (N-methyl/N-ethyl adjacent to an activating group) is 1. The van der Waals surface area contributed by atoms with E-state index >= 15 is 0 Å². The molecule has 0 saturated carbocycles. The van der Waals surface area contributed by atoms with Crippen molar-refractivity contribution in [3.8, 4) is 0 Å². The van der Waals surface area contributed by atoms with Gasteiger partial charge in [-0.2, -0.15) is 0 Å². The molecule has 1 fully saturated rings. The highest BCUT2D eigenvalue weighted by atomic mass is 19.1. The van der Waals surface area contributed by atoms with Crippen molar-refractivity contribution in [3.05, 3.63) is 71.5 Å². The average Bonchev–Trinajstić information content (AvgIpc) is 3.02. The van der Waals surface area contributed by atoms with Crippen LogP contribution in [0.2, 0.25) is 0 Å². The highest BCUT2D eigenvalue weighted by molar-refractivity contribution is 5.56. The van der Waals surface area contributed by atoms with Crippen LogP contribution in [0.15, 0.2) is 54.3 Å². The van der Waals surface area contributed by atoms with Crippen LogP contribution in [0.1, 0.15) is 17.8 Å². The molecule has 134 valence electrons. The Morgan fingerprint density at radius 3 is 2.85 bits per heavy atom. The number of nitrogens with one attached hydrogen (secondary N) is 1. The van der Waals surface area contributed by atoms with E-state index in [1.807, 2.05) is 13.1 Å². The first-order valence-corrected chi connectivity index (χ1v) is 8.83. The Morgan fingerprint density at radius 2 is 2.08 bits per heavy atom. The fourth-order valence-electron chi connectivity index (χ4n) is 3.75. The summed E-state index contributed by atoms with van der Waals surface area (Å²) in [4.78, 5) is 11.3. The average molecular weight is 351 g/mol. The van der Waals surface area contributed by atoms with Crippen molar-refractivity contribution in [3.63, 3.8) is 0 Å². The third-order valence-electron chi connectivity index (χ3n) is 5.05. The standard InChI is InChI=1S/C20H22FN5/c1-23-16-12-26(17-5-3-2-4-15(16)17)20-11-18(22)24-19(25-20)10-13-6-8-14(21)9-7-13/h2-3,5-9,11,15-16,23H,4,10,12H2,1H3,(H2,22,24,25). The van der Waals surface area contributed by atoms with Crippen molar-refractivity contribution in [2.24, 2.45) is 5.92 Å². The Kier molecular flexibility index (Phi) is 4.42. The number of fused-ring (bicyclic) bond motifs is 1. The van der Waals surface area contributed by atoms with Gasteiger partial charge in [0.1, 0.15) is 23.3 Å². The molecule has 4 rings (SSSR count). The monoisotopic (exact) mass is 351 g/mol. The normalized spacial score (nSPS) is 21.6. The van der Waals surface area contributed by atoms with Gasteiger partial charge in [0, 0.05) is 36.7 Å². The van der Waals surface area contributed by atoms with E-state index in [0.29, 0.717) is 30.0 Å². The number of nitrogens with zero attached hydrogens (tertiary/aromatic N) is 3. The van der Waals surface area contributed by atoms with E-state index in [1.54, 1.807) is 12.1 Å². The first kappa shape index (κ1) is 16.7. The first-order chi connectivity index (χ1) is 12.6. The van der Waals surface area contributed by atoms with Crippen LogP contribution in [-0.4, -0.2) is 29.6 Å². The topological polar surface area (TPSA) is 67.1 Å². The molecule has 2 heterocycles. The second-order valence-corrected chi connectivity index (χ2v) is 6.74. The van der Waals surface area contributed by atoms with Crippen molar-refractivity contribution in [1.82, 2.24) is 15.3 Å². The van der Waals surface area contributed by atoms with Crippen molar-refractivity contribution in [1.29, 1.82) is 0 Å². The first-order valence-electron chi connectivity index (χ1n) is 8.83. The summed E-state index contributed by atoms with van der Waals surface area (Å²) in [5.74, 6) is 2.11. The molecule has 0 amide bonds. The predicted octanol–water partition coefficient (Wildman–Crippen LogP) is 2.66. The van der Waals surface area contributed by atoms with E-state index in [2.05, 4.69) is 33.4 Å². The van der Waals surface area contributed by atoms with Crippen LogP contribution in [0.3, 0.4) is 0 Å². The third kappa shape index (κ3) is 3.20. The number of rotatable bonds is 4. The van der Waals surface area contributed by atoms with Crippen LogP contribution in [0.25, 0.3) is 0 Å². The summed E-state index contributed by atoms with van der Waals surface area (Å²) >= 11 is 0. The van der Waals surface area contributed by atoms with Gasteiger partial charge in [0.15, 0.2) is 0 Å². The van der Waals surface area contributed by atoms with Crippen LogP contribution in [0, 0.1) is 11.7 Å². The zero-order valence-corrected chi connectivity index (χ0v) is 14.7. The van der Waals surface area contributed by atoms with E-state index < -0.39 is 0 Å². The molecule has 1 aliphatic heterocycles. The minimum atomic E-state index is -0.249. The quantitative estimate of drug-likeness (QED) is 0.886. The molecule has 0 radical (unpaired) electrons. The lowest BCUT2D eigenvalue weighted by molar-refractivity contribution is 0.481. The fourth-order valence-corrected chi connectivity index (χ4v) is 3.75. The molecule has 1 aromatic heterocycles. The number of hydrogen-bond acceptors (Lipinski definition) is 5. The molecule has 2 aliphatic rings. The molecule has 2 unspecified atom stereocenters. The van der Waals surface area contributed by atoms with Crippen LogP contribution in [0.4, 0.5) is 16.0 Å².